The summed E-state index contributed by atoms with van der Waals surface area (Å²) in [5.41, 5.74) is 1.81. The fourth-order valence-electron chi connectivity index (χ4n) is 3.04. The molecular weight excluding hydrogens is 531 g/mol. The smallest absolute Gasteiger partial charge is 0.271 e. The fourth-order valence-corrected chi connectivity index (χ4v) is 6.42. The van der Waals surface area contributed by atoms with Gasteiger partial charge in [0, 0.05) is 16.3 Å². The Bertz CT molecular complexity index is 1380. The zero-order chi connectivity index (χ0) is 24.1. The van der Waals surface area contributed by atoms with Gasteiger partial charge in [0.2, 0.25) is 5.91 Å². The van der Waals surface area contributed by atoms with E-state index in [1.807, 2.05) is 30.3 Å². The van der Waals surface area contributed by atoms with Crippen LogP contribution in [0.25, 0.3) is 0 Å². The molecule has 0 saturated heterocycles. The number of carbonyl (C=O) groups is 1. The number of thiophene rings is 1. The minimum atomic E-state index is -3.63. The van der Waals surface area contributed by atoms with Crippen molar-refractivity contribution in [1.82, 2.24) is 0 Å². The predicted molar refractivity (Wildman–Crippen MR) is 142 cm³/mol. The SMILES string of the molecule is O=C(Nc1ccc(Cl)c(Cl)c1)C(Sc1ccc(NS(=O)(=O)c2cccs2)cc1)c1ccccc1. The molecule has 0 aliphatic heterocycles. The van der Waals surface area contributed by atoms with Crippen molar-refractivity contribution < 1.29 is 13.2 Å². The highest BCUT2D eigenvalue weighted by Crippen LogP contribution is 2.37. The number of sulfonamides is 1. The fraction of sp³-hybridized carbons (Fsp3) is 0.0417. The van der Waals surface area contributed by atoms with E-state index >= 15 is 0 Å². The van der Waals surface area contributed by atoms with E-state index < -0.39 is 15.3 Å². The van der Waals surface area contributed by atoms with Gasteiger partial charge < -0.3 is 5.32 Å². The molecule has 1 unspecified atom stereocenters. The molecule has 0 aliphatic carbocycles. The molecule has 4 aromatic rings. The maximum atomic E-state index is 13.2. The van der Waals surface area contributed by atoms with Gasteiger partial charge in [0.25, 0.3) is 10.0 Å². The number of carbonyl (C=O) groups excluding carboxylic acids is 1. The third kappa shape index (κ3) is 6.14. The first kappa shape index (κ1) is 24.6. The summed E-state index contributed by atoms with van der Waals surface area (Å²) in [5.74, 6) is -0.225. The summed E-state index contributed by atoms with van der Waals surface area (Å²) in [6.07, 6.45) is 0. The van der Waals surface area contributed by atoms with E-state index in [0.29, 0.717) is 21.4 Å². The predicted octanol–water partition coefficient (Wildman–Crippen LogP) is 7.33. The number of hydrogen-bond donors (Lipinski definition) is 2. The highest BCUT2D eigenvalue weighted by molar-refractivity contribution is 8.00. The molecule has 0 aliphatic rings. The van der Waals surface area contributed by atoms with Crippen LogP contribution >= 0.6 is 46.3 Å². The zero-order valence-corrected chi connectivity index (χ0v) is 21.4. The minimum Gasteiger partial charge on any atom is -0.325 e. The molecule has 10 heteroatoms. The molecule has 0 fully saturated rings. The normalized spacial score (nSPS) is 12.2. The largest absolute Gasteiger partial charge is 0.325 e. The number of amides is 1. The Morgan fingerprint density at radius 3 is 2.21 bits per heavy atom. The number of benzene rings is 3. The average molecular weight is 550 g/mol. The Morgan fingerprint density at radius 1 is 0.853 bits per heavy atom. The zero-order valence-electron chi connectivity index (χ0n) is 17.4. The Morgan fingerprint density at radius 2 is 1.56 bits per heavy atom. The highest BCUT2D eigenvalue weighted by Gasteiger charge is 2.23. The van der Waals surface area contributed by atoms with Crippen molar-refractivity contribution in [2.45, 2.75) is 14.4 Å². The van der Waals surface area contributed by atoms with Crippen molar-refractivity contribution >= 4 is 73.6 Å². The van der Waals surface area contributed by atoms with Gasteiger partial charge in [-0.1, -0.05) is 59.6 Å². The van der Waals surface area contributed by atoms with Crippen LogP contribution in [0.4, 0.5) is 11.4 Å². The first-order chi connectivity index (χ1) is 16.3. The van der Waals surface area contributed by atoms with E-state index in [9.17, 15) is 13.2 Å². The van der Waals surface area contributed by atoms with Crippen LogP contribution in [0.5, 0.6) is 0 Å². The molecule has 174 valence electrons. The second-order valence-corrected chi connectivity index (χ2v) is 11.9. The van der Waals surface area contributed by atoms with Crippen molar-refractivity contribution in [2.24, 2.45) is 0 Å². The summed E-state index contributed by atoms with van der Waals surface area (Å²) in [7, 11) is -3.63. The van der Waals surface area contributed by atoms with E-state index in [1.54, 1.807) is 60.0 Å². The maximum absolute atomic E-state index is 13.2. The molecule has 1 aromatic heterocycles. The van der Waals surface area contributed by atoms with E-state index in [4.69, 9.17) is 23.2 Å². The van der Waals surface area contributed by atoms with Gasteiger partial charge in [0.05, 0.1) is 10.0 Å². The molecule has 4 rings (SSSR count). The lowest BCUT2D eigenvalue weighted by Gasteiger charge is -2.18. The molecule has 3 aromatic carbocycles. The maximum Gasteiger partial charge on any atom is 0.271 e. The molecule has 0 bridgehead atoms. The Labute approximate surface area is 216 Å². The van der Waals surface area contributed by atoms with E-state index in [2.05, 4.69) is 10.0 Å². The van der Waals surface area contributed by atoms with Gasteiger partial charge in [0.15, 0.2) is 0 Å². The van der Waals surface area contributed by atoms with Crippen LogP contribution in [0.1, 0.15) is 10.8 Å². The Hall–Kier alpha value is -2.49. The number of halogens is 2. The van der Waals surface area contributed by atoms with Crippen LogP contribution in [0.2, 0.25) is 10.0 Å². The molecule has 2 N–H and O–H groups in total. The van der Waals surface area contributed by atoms with Crippen molar-refractivity contribution in [1.29, 1.82) is 0 Å². The van der Waals surface area contributed by atoms with Gasteiger partial charge in [-0.05, 0) is 59.5 Å². The van der Waals surface area contributed by atoms with E-state index in [-0.39, 0.29) is 10.1 Å². The van der Waals surface area contributed by atoms with Gasteiger partial charge in [-0.2, -0.15) is 0 Å². The molecule has 5 nitrogen and oxygen atoms in total. The summed E-state index contributed by atoms with van der Waals surface area (Å²) in [5, 5.41) is 4.81. The van der Waals surface area contributed by atoms with Crippen molar-refractivity contribution in [3.05, 3.63) is 106 Å². The number of rotatable bonds is 8. The van der Waals surface area contributed by atoms with Gasteiger partial charge in [-0.25, -0.2) is 8.42 Å². The topological polar surface area (TPSA) is 75.3 Å². The molecule has 1 amide bonds. The number of anilines is 2. The second-order valence-electron chi connectivity index (χ2n) is 7.09. The molecule has 1 heterocycles. The third-order valence-electron chi connectivity index (χ3n) is 4.65. The van der Waals surface area contributed by atoms with Crippen LogP contribution in [0, 0.1) is 0 Å². The third-order valence-corrected chi connectivity index (χ3v) is 9.43. The average Bonchev–Trinajstić information content (AvgIpc) is 3.37. The van der Waals surface area contributed by atoms with Crippen molar-refractivity contribution in [3.8, 4) is 0 Å². The second kappa shape index (κ2) is 10.8. The van der Waals surface area contributed by atoms with Crippen molar-refractivity contribution in [2.75, 3.05) is 10.0 Å². The molecule has 34 heavy (non-hydrogen) atoms. The van der Waals surface area contributed by atoms with E-state index in [0.717, 1.165) is 21.8 Å². The van der Waals surface area contributed by atoms with Gasteiger partial charge >= 0.3 is 0 Å². The standard InChI is InChI=1S/C24H18Cl2N2O3S3/c25-20-13-10-18(15-21(20)26)27-24(29)23(16-5-2-1-3-6-16)33-19-11-8-17(9-12-19)28-34(30,31)22-7-4-14-32-22/h1-15,23,28H,(H,27,29). The van der Waals surface area contributed by atoms with Crippen LogP contribution < -0.4 is 10.0 Å². The first-order valence-corrected chi connectivity index (χ1v) is 14.0. The lowest BCUT2D eigenvalue weighted by molar-refractivity contribution is -0.115. The monoisotopic (exact) mass is 548 g/mol. The van der Waals surface area contributed by atoms with Gasteiger partial charge in [-0.3, -0.25) is 9.52 Å². The van der Waals surface area contributed by atoms with Crippen molar-refractivity contribution in [3.63, 3.8) is 0 Å². The Balaban J connectivity index is 1.52. The molecule has 0 spiro atoms. The van der Waals surface area contributed by atoms with Crippen LogP contribution in [-0.4, -0.2) is 14.3 Å². The van der Waals surface area contributed by atoms with Crippen LogP contribution in [0.3, 0.4) is 0 Å². The number of thioether (sulfide) groups is 1. The summed E-state index contributed by atoms with van der Waals surface area (Å²) in [6.45, 7) is 0. The summed E-state index contributed by atoms with van der Waals surface area (Å²) >= 11 is 14.6. The van der Waals surface area contributed by atoms with E-state index in [1.165, 1.54) is 11.8 Å². The van der Waals surface area contributed by atoms with Crippen LogP contribution in [-0.2, 0) is 14.8 Å². The lowest BCUT2D eigenvalue weighted by Crippen LogP contribution is -2.19. The molecule has 0 radical (unpaired) electrons. The molecule has 0 saturated carbocycles. The highest BCUT2D eigenvalue weighted by atomic mass is 35.5. The number of hydrogen-bond acceptors (Lipinski definition) is 5. The van der Waals surface area contributed by atoms with Gasteiger partial charge in [0.1, 0.15) is 9.46 Å². The summed E-state index contributed by atoms with van der Waals surface area (Å²) in [6, 6.07) is 24.4. The minimum absolute atomic E-state index is 0.225. The first-order valence-electron chi connectivity index (χ1n) is 9.96. The Kier molecular flexibility index (Phi) is 7.85. The number of nitrogens with one attached hydrogen (secondary N) is 2. The summed E-state index contributed by atoms with van der Waals surface area (Å²) < 4.78 is 27.7. The quantitative estimate of drug-likeness (QED) is 0.226. The summed E-state index contributed by atoms with van der Waals surface area (Å²) in [4.78, 5) is 14.0. The van der Waals surface area contributed by atoms with Gasteiger partial charge in [-0.15, -0.1) is 23.1 Å². The molecule has 1 atom stereocenters. The lowest BCUT2D eigenvalue weighted by atomic mass is 10.1. The van der Waals surface area contributed by atoms with Crippen LogP contribution in [0.15, 0.2) is 99.4 Å². The molecular formula is C24H18Cl2N2O3S3.